The molecule has 3 amide bonds. The minimum Gasteiger partial charge on any atom is -0.490 e. The van der Waals surface area contributed by atoms with E-state index < -0.39 is 12.2 Å². The fraction of sp³-hybridized carbons (Fsp3) is 0.404. The fourth-order valence-corrected chi connectivity index (χ4v) is 12.4. The quantitative estimate of drug-likeness (QED) is 0.0463. The molecule has 378 valence electrons. The van der Waals surface area contributed by atoms with Gasteiger partial charge in [0.25, 0.3) is 5.91 Å². The van der Waals surface area contributed by atoms with Gasteiger partial charge in [0.2, 0.25) is 11.8 Å². The van der Waals surface area contributed by atoms with Gasteiger partial charge in [0, 0.05) is 74.9 Å². The van der Waals surface area contributed by atoms with Crippen molar-refractivity contribution < 1.29 is 29.3 Å². The number of carbonyl (C=O) groups is 3. The van der Waals surface area contributed by atoms with E-state index in [9.17, 15) is 24.6 Å². The number of thiazole rings is 1. The Labute approximate surface area is 429 Å². The Morgan fingerprint density at radius 3 is 2.48 bits per heavy atom. The maximum Gasteiger partial charge on any atom is 0.257 e. The molecule has 1 saturated carbocycles. The molecule has 0 radical (unpaired) electrons. The molecule has 4 N–H and O–H groups in total. The topological polar surface area (TPSA) is 178 Å². The Morgan fingerprint density at radius 1 is 0.849 bits per heavy atom. The Balaban J connectivity index is 0.648. The lowest BCUT2D eigenvalue weighted by atomic mass is 9.84. The van der Waals surface area contributed by atoms with Crippen LogP contribution < -0.4 is 25.2 Å². The maximum absolute atomic E-state index is 13.7. The highest BCUT2D eigenvalue weighted by Crippen LogP contribution is 2.39. The van der Waals surface area contributed by atoms with E-state index in [4.69, 9.17) is 14.8 Å². The number of benzene rings is 4. The summed E-state index contributed by atoms with van der Waals surface area (Å²) in [6.07, 6.45) is 7.88. The number of nitrogens with zero attached hydrogens (tertiary/aromatic N) is 7. The average molecular weight is 1000 g/mol. The average Bonchev–Trinajstić information content (AvgIpc) is 3.97. The van der Waals surface area contributed by atoms with Gasteiger partial charge in [-0.2, -0.15) is 5.10 Å². The predicted octanol–water partition coefficient (Wildman–Crippen LogP) is 8.80. The summed E-state index contributed by atoms with van der Waals surface area (Å²) in [6.45, 7) is 8.26. The molecular weight excluding hydrogens is 939 g/mol. The number of pyridine rings is 1. The van der Waals surface area contributed by atoms with Crippen LogP contribution in [0.5, 0.6) is 5.75 Å². The molecule has 3 aliphatic heterocycles. The van der Waals surface area contributed by atoms with Gasteiger partial charge in [-0.3, -0.25) is 34.6 Å². The lowest BCUT2D eigenvalue weighted by Gasteiger charge is -2.36. The normalized spacial score (nSPS) is 19.7. The molecule has 3 aromatic heterocycles. The lowest BCUT2D eigenvalue weighted by Crippen LogP contribution is -2.46. The number of anilines is 3. The number of piperidine rings is 1. The molecule has 11 rings (SSSR count). The van der Waals surface area contributed by atoms with E-state index in [1.54, 1.807) is 0 Å². The zero-order valence-electron chi connectivity index (χ0n) is 41.6. The number of nitrogens with one attached hydrogen (secondary N) is 2. The second kappa shape index (κ2) is 21.0. The van der Waals surface area contributed by atoms with E-state index in [0.29, 0.717) is 60.3 Å². The number of imide groups is 1. The van der Waals surface area contributed by atoms with Gasteiger partial charge in [0.05, 0.1) is 33.4 Å². The first-order valence-electron chi connectivity index (χ1n) is 26.0. The zero-order valence-corrected chi connectivity index (χ0v) is 42.4. The first-order chi connectivity index (χ1) is 35.5. The van der Waals surface area contributed by atoms with E-state index in [0.717, 1.165) is 113 Å². The Hall–Kier alpha value is -6.72. The molecule has 4 aliphatic rings. The molecule has 1 unspecified atom stereocenters. The molecule has 0 bridgehead atoms. The number of aromatic nitrogens is 4. The zero-order chi connectivity index (χ0) is 50.2. The van der Waals surface area contributed by atoms with Crippen LogP contribution in [-0.4, -0.2) is 98.0 Å². The number of aryl methyl sites for hydroxylation is 1. The molecule has 15 nitrogen and oxygen atoms in total. The third-order valence-electron chi connectivity index (χ3n) is 15.7. The van der Waals surface area contributed by atoms with Gasteiger partial charge in [-0.15, -0.1) is 0 Å². The number of aliphatic hydroxyl groups is 2. The van der Waals surface area contributed by atoms with E-state index in [2.05, 4.69) is 54.6 Å². The summed E-state index contributed by atoms with van der Waals surface area (Å²) in [6, 6.07) is 29.9. The third-order valence-corrected chi connectivity index (χ3v) is 16.6. The number of rotatable bonds is 14. The molecular formula is C57H63N9O6S. The number of piperazine rings is 1. The molecule has 1 aliphatic carbocycles. The minimum absolute atomic E-state index is 0.131. The van der Waals surface area contributed by atoms with Gasteiger partial charge >= 0.3 is 0 Å². The Kier molecular flexibility index (Phi) is 14.0. The number of para-hydroxylation sites is 1. The van der Waals surface area contributed by atoms with Crippen molar-refractivity contribution in [1.82, 2.24) is 30.0 Å². The van der Waals surface area contributed by atoms with E-state index >= 15 is 0 Å². The van der Waals surface area contributed by atoms with Crippen LogP contribution in [0, 0.1) is 12.8 Å². The lowest BCUT2D eigenvalue weighted by molar-refractivity contribution is -0.134. The van der Waals surface area contributed by atoms with Crippen LogP contribution >= 0.6 is 11.3 Å². The van der Waals surface area contributed by atoms with Crippen LogP contribution in [0.15, 0.2) is 91.0 Å². The molecule has 7 aromatic rings. The Morgan fingerprint density at radius 2 is 1.67 bits per heavy atom. The number of carbonyl (C=O) groups excluding carboxylic acids is 3. The van der Waals surface area contributed by atoms with Crippen LogP contribution in [0.2, 0.25) is 0 Å². The summed E-state index contributed by atoms with van der Waals surface area (Å²) in [5.74, 6) is 1.05. The second-order valence-electron chi connectivity index (χ2n) is 20.3. The van der Waals surface area contributed by atoms with Gasteiger partial charge in [0.15, 0.2) is 11.4 Å². The summed E-state index contributed by atoms with van der Waals surface area (Å²) in [5, 5.41) is 33.2. The largest absolute Gasteiger partial charge is 0.490 e. The standard InChI is InChI=1S/C57H63N9O6S/c1-35-40(41-22-24-50(59-53(41)56(70)71)66-28-26-37-10-7-12-42(45(37)34-66)54(68)61-57-58-46-13-3-4-15-49(46)73-57)11-8-14-48(35)72-39-19-16-36(17-20-39)9-5-6-27-64-29-31-65(32-30-64)38-18-21-43-47(33-38)63(2)62-52(43)44-23-25-51(67)60-55(44)69/h3-4,7-8,10-15,18,21-22,24,33,36,39,44,56,70-71H,5-6,9,16-17,19-20,23,25-32,34H2,1-2H3,(H,58,61,68)(H,60,67,69)/t36-,39-,44?. The third kappa shape index (κ3) is 10.3. The van der Waals surface area contributed by atoms with E-state index in [1.165, 1.54) is 36.3 Å². The summed E-state index contributed by atoms with van der Waals surface area (Å²) < 4.78 is 9.58. The number of hydrogen-bond acceptors (Lipinski definition) is 13. The van der Waals surface area contributed by atoms with Crippen molar-refractivity contribution in [2.75, 3.05) is 54.4 Å². The van der Waals surface area contributed by atoms with Gasteiger partial charge in [-0.25, -0.2) is 9.97 Å². The second-order valence-corrected chi connectivity index (χ2v) is 21.3. The number of amides is 3. The molecule has 73 heavy (non-hydrogen) atoms. The van der Waals surface area contributed by atoms with Gasteiger partial charge in [-0.1, -0.05) is 60.6 Å². The highest BCUT2D eigenvalue weighted by molar-refractivity contribution is 7.22. The van der Waals surface area contributed by atoms with Gasteiger partial charge < -0.3 is 24.7 Å². The summed E-state index contributed by atoms with van der Waals surface area (Å²) in [5.41, 5.74) is 9.00. The minimum atomic E-state index is -1.79. The molecule has 0 spiro atoms. The van der Waals surface area contributed by atoms with Gasteiger partial charge in [0.1, 0.15) is 17.3 Å². The van der Waals surface area contributed by atoms with Crippen molar-refractivity contribution >= 4 is 66.8 Å². The summed E-state index contributed by atoms with van der Waals surface area (Å²) in [7, 11) is 1.92. The van der Waals surface area contributed by atoms with Crippen LogP contribution in [0.25, 0.3) is 32.2 Å². The smallest absolute Gasteiger partial charge is 0.257 e. The number of fused-ring (bicyclic) bond motifs is 3. The monoisotopic (exact) mass is 1000 g/mol. The van der Waals surface area contributed by atoms with Crippen LogP contribution in [0.1, 0.15) is 108 Å². The van der Waals surface area contributed by atoms with Crippen molar-refractivity contribution in [1.29, 1.82) is 0 Å². The fourth-order valence-electron chi connectivity index (χ4n) is 11.6. The van der Waals surface area contributed by atoms with Crippen molar-refractivity contribution in [3.63, 3.8) is 0 Å². The number of aliphatic hydroxyl groups excluding tert-OH is 1. The highest BCUT2D eigenvalue weighted by Gasteiger charge is 2.32. The first-order valence-corrected chi connectivity index (χ1v) is 26.8. The van der Waals surface area contributed by atoms with Crippen molar-refractivity contribution in [3.05, 3.63) is 125 Å². The molecule has 16 heteroatoms. The van der Waals surface area contributed by atoms with Crippen LogP contribution in [0.3, 0.4) is 0 Å². The highest BCUT2D eigenvalue weighted by atomic mass is 32.1. The first kappa shape index (κ1) is 48.5. The van der Waals surface area contributed by atoms with Crippen molar-refractivity contribution in [2.24, 2.45) is 13.0 Å². The molecule has 1 atom stereocenters. The van der Waals surface area contributed by atoms with Crippen LogP contribution in [-0.2, 0) is 29.6 Å². The maximum atomic E-state index is 13.7. The Bertz CT molecular complexity index is 3160. The summed E-state index contributed by atoms with van der Waals surface area (Å²) >= 11 is 1.45. The number of hydrogen-bond donors (Lipinski definition) is 4. The van der Waals surface area contributed by atoms with E-state index in [-0.39, 0.29) is 29.5 Å². The molecule has 6 heterocycles. The molecule has 3 fully saturated rings. The molecule has 4 aromatic carbocycles. The predicted molar refractivity (Wildman–Crippen MR) is 285 cm³/mol. The van der Waals surface area contributed by atoms with Crippen molar-refractivity contribution in [3.8, 4) is 16.9 Å². The SMILES string of the molecule is Cc1c(O[C@H]2CC[C@H](CCCCN3CCN(c4ccc5c(C6CCC(=O)NC6=O)nn(C)c5c4)CC3)CC2)cccc1-c1ccc(N2CCc3cccc(C(=O)Nc4nc5ccccc5s4)c3C2)nc1C(O)O. The number of unbranched alkanes of at least 4 members (excludes halogenated alkanes) is 1. The van der Waals surface area contributed by atoms with Gasteiger partial charge in [-0.05, 0) is 141 Å². The van der Waals surface area contributed by atoms with Crippen molar-refractivity contribution in [2.45, 2.75) is 96.0 Å². The summed E-state index contributed by atoms with van der Waals surface area (Å²) in [4.78, 5) is 54.6. The molecule has 2 saturated heterocycles. The van der Waals surface area contributed by atoms with E-state index in [1.807, 2.05) is 85.4 Å². The van der Waals surface area contributed by atoms with Crippen LogP contribution in [0.4, 0.5) is 16.6 Å². The number of ether oxygens (including phenoxy) is 1.